The van der Waals surface area contributed by atoms with Gasteiger partial charge in [0.15, 0.2) is 0 Å². The molecule has 33 heavy (non-hydrogen) atoms. The van der Waals surface area contributed by atoms with E-state index >= 15 is 0 Å². The normalized spacial score (nSPS) is 13.5. The van der Waals surface area contributed by atoms with E-state index in [4.69, 9.17) is 4.74 Å². The summed E-state index contributed by atoms with van der Waals surface area (Å²) in [5, 5.41) is 2.94. The number of hydrogen-bond donors (Lipinski definition) is 1. The Hall–Kier alpha value is -3.32. The number of carbonyl (C=O) groups excluding carboxylic acids is 2. The molecule has 1 saturated heterocycles. The van der Waals surface area contributed by atoms with E-state index in [1.54, 1.807) is 18.2 Å². The molecule has 0 radical (unpaired) electrons. The molecular formula is C26H26BrN3O3. The van der Waals surface area contributed by atoms with Crippen LogP contribution >= 0.6 is 15.9 Å². The van der Waals surface area contributed by atoms with Gasteiger partial charge in [-0.2, -0.15) is 0 Å². The minimum absolute atomic E-state index is 0.0780. The number of halogens is 1. The number of nitrogens with zero attached hydrogens (tertiary/aromatic N) is 2. The van der Waals surface area contributed by atoms with Gasteiger partial charge in [-0.15, -0.1) is 0 Å². The van der Waals surface area contributed by atoms with Crippen LogP contribution in [0.2, 0.25) is 0 Å². The molecule has 7 heteroatoms. The molecule has 1 fully saturated rings. The molecule has 170 valence electrons. The summed E-state index contributed by atoms with van der Waals surface area (Å²) in [7, 11) is 0. The molecule has 1 N–H and O–H groups in total. The van der Waals surface area contributed by atoms with Crippen LogP contribution in [-0.4, -0.2) is 49.5 Å². The zero-order chi connectivity index (χ0) is 23.2. The number of nitrogens with one attached hydrogen (secondary N) is 1. The van der Waals surface area contributed by atoms with Crippen molar-refractivity contribution in [2.75, 3.05) is 43.0 Å². The lowest BCUT2D eigenvalue weighted by atomic mass is 10.1. The molecule has 4 rings (SSSR count). The molecule has 1 aliphatic heterocycles. The first-order valence-corrected chi connectivity index (χ1v) is 11.8. The van der Waals surface area contributed by atoms with Gasteiger partial charge in [-0.25, -0.2) is 0 Å². The Morgan fingerprint density at radius 1 is 0.909 bits per heavy atom. The summed E-state index contributed by atoms with van der Waals surface area (Å²) in [4.78, 5) is 29.4. The van der Waals surface area contributed by atoms with Gasteiger partial charge in [-0.1, -0.05) is 18.2 Å². The molecule has 0 spiro atoms. The summed E-state index contributed by atoms with van der Waals surface area (Å²) in [5.41, 5.74) is 3.08. The summed E-state index contributed by atoms with van der Waals surface area (Å²) < 4.78 is 6.25. The van der Waals surface area contributed by atoms with E-state index in [9.17, 15) is 9.59 Å². The lowest BCUT2D eigenvalue weighted by Gasteiger charge is -2.36. The van der Waals surface area contributed by atoms with Gasteiger partial charge >= 0.3 is 0 Å². The Morgan fingerprint density at radius 3 is 2.24 bits per heavy atom. The average molecular weight is 508 g/mol. The Bertz CT molecular complexity index is 1110. The molecule has 1 aliphatic rings. The third-order valence-corrected chi connectivity index (χ3v) is 6.19. The van der Waals surface area contributed by atoms with E-state index in [0.717, 1.165) is 34.5 Å². The van der Waals surface area contributed by atoms with Gasteiger partial charge in [0.25, 0.3) is 11.8 Å². The minimum atomic E-state index is -0.181. The number of rotatable bonds is 6. The quantitative estimate of drug-likeness (QED) is 0.506. The lowest BCUT2D eigenvalue weighted by Crippen LogP contribution is -2.48. The van der Waals surface area contributed by atoms with Gasteiger partial charge < -0.3 is 19.9 Å². The first kappa shape index (κ1) is 22.9. The van der Waals surface area contributed by atoms with Crippen molar-refractivity contribution in [2.45, 2.75) is 6.92 Å². The highest BCUT2D eigenvalue weighted by Crippen LogP contribution is 2.27. The minimum Gasteiger partial charge on any atom is -0.493 e. The number of carbonyl (C=O) groups is 2. The van der Waals surface area contributed by atoms with Crippen LogP contribution in [0.4, 0.5) is 11.4 Å². The molecule has 0 aliphatic carbocycles. The largest absolute Gasteiger partial charge is 0.493 e. The van der Waals surface area contributed by atoms with E-state index in [1.165, 1.54) is 0 Å². The Kier molecular flexibility index (Phi) is 7.29. The molecule has 0 aromatic heterocycles. The molecule has 3 aromatic rings. The number of amides is 2. The van der Waals surface area contributed by atoms with E-state index in [1.807, 2.05) is 66.4 Å². The second-order valence-corrected chi connectivity index (χ2v) is 8.58. The van der Waals surface area contributed by atoms with Crippen molar-refractivity contribution >= 4 is 39.1 Å². The van der Waals surface area contributed by atoms with Crippen molar-refractivity contribution in [1.29, 1.82) is 0 Å². The highest BCUT2D eigenvalue weighted by Gasteiger charge is 2.22. The fourth-order valence-electron chi connectivity index (χ4n) is 3.80. The highest BCUT2D eigenvalue weighted by atomic mass is 79.9. The number of anilines is 2. The molecular weight excluding hydrogens is 482 g/mol. The zero-order valence-electron chi connectivity index (χ0n) is 18.5. The molecule has 0 atom stereocenters. The van der Waals surface area contributed by atoms with Crippen LogP contribution in [0.1, 0.15) is 27.6 Å². The van der Waals surface area contributed by atoms with Gasteiger partial charge in [0.2, 0.25) is 0 Å². The summed E-state index contributed by atoms with van der Waals surface area (Å²) in [5.74, 6) is 0.609. The molecule has 1 heterocycles. The molecule has 0 saturated carbocycles. The third kappa shape index (κ3) is 5.54. The predicted octanol–water partition coefficient (Wildman–Crippen LogP) is 5.06. The topological polar surface area (TPSA) is 61.9 Å². The Morgan fingerprint density at radius 2 is 1.61 bits per heavy atom. The summed E-state index contributed by atoms with van der Waals surface area (Å²) in [6.45, 7) is 5.38. The van der Waals surface area contributed by atoms with E-state index in [-0.39, 0.29) is 11.8 Å². The van der Waals surface area contributed by atoms with Crippen molar-refractivity contribution in [3.63, 3.8) is 0 Å². The van der Waals surface area contributed by atoms with Crippen molar-refractivity contribution in [2.24, 2.45) is 0 Å². The fourth-order valence-corrected chi connectivity index (χ4v) is 4.30. The van der Waals surface area contributed by atoms with Gasteiger partial charge in [0.1, 0.15) is 5.75 Å². The number of benzene rings is 3. The maximum absolute atomic E-state index is 12.6. The Labute approximate surface area is 202 Å². The van der Waals surface area contributed by atoms with Gasteiger partial charge in [0.05, 0.1) is 11.1 Å². The molecule has 3 aromatic carbocycles. The number of hydrogen-bond acceptors (Lipinski definition) is 4. The van der Waals surface area contributed by atoms with E-state index < -0.39 is 0 Å². The van der Waals surface area contributed by atoms with Crippen LogP contribution in [0.3, 0.4) is 0 Å². The first-order valence-electron chi connectivity index (χ1n) is 11.0. The van der Waals surface area contributed by atoms with E-state index in [2.05, 4.69) is 26.1 Å². The monoisotopic (exact) mass is 507 g/mol. The first-order chi connectivity index (χ1) is 16.0. The lowest BCUT2D eigenvalue weighted by molar-refractivity contribution is 0.0746. The number of ether oxygens (including phenoxy) is 1. The maximum Gasteiger partial charge on any atom is 0.255 e. The van der Waals surface area contributed by atoms with Crippen molar-refractivity contribution in [3.8, 4) is 5.75 Å². The highest BCUT2D eigenvalue weighted by molar-refractivity contribution is 9.10. The molecule has 2 amide bonds. The average Bonchev–Trinajstić information content (AvgIpc) is 2.86. The van der Waals surface area contributed by atoms with Gasteiger partial charge in [0, 0.05) is 48.7 Å². The molecule has 0 unspecified atom stereocenters. The standard InChI is InChI=1S/C26H26BrN3O3/c1-2-33-24-13-8-20(18-23(24)27)25(31)28-21-9-11-22(12-10-21)29-14-16-30(17-15-29)26(32)19-6-4-3-5-7-19/h3-13,18H,2,14-17H2,1H3,(H,28,31). The van der Waals surface area contributed by atoms with Crippen molar-refractivity contribution in [3.05, 3.63) is 88.4 Å². The van der Waals surface area contributed by atoms with Crippen LogP contribution < -0.4 is 15.0 Å². The van der Waals surface area contributed by atoms with E-state index in [0.29, 0.717) is 31.0 Å². The van der Waals surface area contributed by atoms with Gasteiger partial charge in [-0.3, -0.25) is 9.59 Å². The molecule has 6 nitrogen and oxygen atoms in total. The SMILES string of the molecule is CCOc1ccc(C(=O)Nc2ccc(N3CCN(C(=O)c4ccccc4)CC3)cc2)cc1Br. The van der Waals surface area contributed by atoms with Crippen LogP contribution in [-0.2, 0) is 0 Å². The summed E-state index contributed by atoms with van der Waals surface area (Å²) >= 11 is 3.45. The van der Waals surface area contributed by atoms with Crippen LogP contribution in [0.5, 0.6) is 5.75 Å². The second-order valence-electron chi connectivity index (χ2n) is 7.72. The Balaban J connectivity index is 1.33. The zero-order valence-corrected chi connectivity index (χ0v) is 20.0. The van der Waals surface area contributed by atoms with Crippen LogP contribution in [0.25, 0.3) is 0 Å². The van der Waals surface area contributed by atoms with Crippen molar-refractivity contribution in [1.82, 2.24) is 4.90 Å². The summed E-state index contributed by atoms with van der Waals surface area (Å²) in [6.07, 6.45) is 0. The fraction of sp³-hybridized carbons (Fsp3) is 0.231. The second kappa shape index (κ2) is 10.5. The predicted molar refractivity (Wildman–Crippen MR) is 134 cm³/mol. The summed E-state index contributed by atoms with van der Waals surface area (Å²) in [6, 6.07) is 22.5. The van der Waals surface area contributed by atoms with Gasteiger partial charge in [-0.05, 0) is 77.5 Å². The van der Waals surface area contributed by atoms with Crippen LogP contribution in [0.15, 0.2) is 77.3 Å². The smallest absolute Gasteiger partial charge is 0.255 e. The third-order valence-electron chi connectivity index (χ3n) is 5.57. The molecule has 0 bridgehead atoms. The van der Waals surface area contributed by atoms with Crippen molar-refractivity contribution < 1.29 is 14.3 Å². The maximum atomic E-state index is 12.6. The van der Waals surface area contributed by atoms with Crippen LogP contribution in [0, 0.1) is 0 Å². The number of piperazine rings is 1.